The number of carboxylic acid groups (broad SMARTS) is 1. The number of aromatic nitrogens is 3. The Labute approximate surface area is 230 Å². The minimum absolute atomic E-state index is 0.0725. The molecular weight excluding hydrogens is 556 g/mol. The molecule has 2 aromatic rings. The fourth-order valence-electron chi connectivity index (χ4n) is 3.90. The van der Waals surface area contributed by atoms with Crippen molar-refractivity contribution in [2.24, 2.45) is 17.6 Å². The van der Waals surface area contributed by atoms with E-state index < -0.39 is 34.6 Å². The number of carbonyl (C=O) groups is 3. The first-order valence-electron chi connectivity index (χ1n) is 11.3. The lowest BCUT2D eigenvalue weighted by molar-refractivity contribution is -0.717. The van der Waals surface area contributed by atoms with Crippen LogP contribution in [0.4, 0.5) is 10.9 Å². The molecule has 38 heavy (non-hydrogen) atoms. The van der Waals surface area contributed by atoms with Crippen molar-refractivity contribution in [2.45, 2.75) is 23.5 Å². The van der Waals surface area contributed by atoms with E-state index in [9.17, 15) is 19.5 Å². The number of oxime groups is 1. The molecule has 2 aliphatic rings. The number of thioether (sulfide) groups is 2. The van der Waals surface area contributed by atoms with Gasteiger partial charge < -0.3 is 41.2 Å². The minimum atomic E-state index is -1.34. The van der Waals surface area contributed by atoms with Crippen LogP contribution in [0.5, 0.6) is 5.88 Å². The molecule has 3 atom stereocenters. The topological polar surface area (TPSA) is 202 Å². The van der Waals surface area contributed by atoms with Gasteiger partial charge in [-0.15, -0.1) is 23.1 Å². The standard InChI is InChI=1S/C21H26N8O6S3/c1-4-35-27-13(10-6-36-19(23)24-10)15(30)26-14-16(31)29-7-21(18(32)33,8-37-17(14)29)9-38-20-25-11(22)5-12(34-3)28(20)2/h5-6,14,17,22H,4,7-9H2,1-3H3,(H4,23,24,26,30,32,33)/t14?,17-,21?/m1/s1. The van der Waals surface area contributed by atoms with E-state index in [1.807, 2.05) is 0 Å². The summed E-state index contributed by atoms with van der Waals surface area (Å²) in [5.74, 6) is -1.40. The number of amides is 2. The fraction of sp³-hybridized carbons (Fsp3) is 0.476. The van der Waals surface area contributed by atoms with Crippen molar-refractivity contribution < 1.29 is 33.6 Å². The third-order valence-electron chi connectivity index (χ3n) is 5.93. The van der Waals surface area contributed by atoms with Crippen molar-refractivity contribution in [1.82, 2.24) is 20.2 Å². The number of thiazole rings is 1. The van der Waals surface area contributed by atoms with Gasteiger partial charge in [0.1, 0.15) is 23.7 Å². The van der Waals surface area contributed by atoms with Crippen molar-refractivity contribution in [1.29, 1.82) is 0 Å². The van der Waals surface area contributed by atoms with Crippen LogP contribution in [0.1, 0.15) is 12.6 Å². The van der Waals surface area contributed by atoms with E-state index >= 15 is 0 Å². The monoisotopic (exact) mass is 582 g/mol. The van der Waals surface area contributed by atoms with Crippen LogP contribution in [0.3, 0.4) is 0 Å². The maximum atomic E-state index is 13.0. The Morgan fingerprint density at radius 1 is 1.42 bits per heavy atom. The lowest BCUT2D eigenvalue weighted by Gasteiger charge is -2.55. The average molecular weight is 583 g/mol. The Morgan fingerprint density at radius 2 is 2.18 bits per heavy atom. The van der Waals surface area contributed by atoms with Gasteiger partial charge in [-0.2, -0.15) is 4.57 Å². The lowest BCUT2D eigenvalue weighted by Crippen LogP contribution is -2.75. The zero-order chi connectivity index (χ0) is 27.6. The number of ether oxygens (including phenoxy) is 1. The molecule has 2 unspecified atom stereocenters. The third-order valence-corrected chi connectivity index (χ3v) is 9.51. The molecular formula is C21H26N8O6S3. The fourth-order valence-corrected chi connectivity index (χ4v) is 7.28. The van der Waals surface area contributed by atoms with Crippen LogP contribution >= 0.6 is 34.9 Å². The van der Waals surface area contributed by atoms with Crippen LogP contribution in [0.2, 0.25) is 0 Å². The Hall–Kier alpha value is -3.31. The number of carboxylic acids is 1. The number of methoxy groups -OCH3 is 1. The van der Waals surface area contributed by atoms with Gasteiger partial charge in [0.15, 0.2) is 10.8 Å². The van der Waals surface area contributed by atoms with Gasteiger partial charge in [-0.05, 0) is 23.7 Å². The molecule has 4 heterocycles. The van der Waals surface area contributed by atoms with Crippen molar-refractivity contribution in [3.05, 3.63) is 17.1 Å². The van der Waals surface area contributed by atoms with Gasteiger partial charge >= 0.3 is 5.16 Å². The number of nitrogens with one attached hydrogen (secondary N) is 1. The lowest BCUT2D eigenvalue weighted by atomic mass is 9.89. The summed E-state index contributed by atoms with van der Waals surface area (Å²) in [6, 6.07) is 0.695. The SMILES string of the molecule is CCON=C(C(=O)NC1C(=O)N2CC(CSc3nc(N)cc(OC)[n+]3C)(C(=O)[O-])CS[C@H]12)c1csc(N)n1. The normalized spacial score (nSPS) is 22.9. The number of nitrogens with two attached hydrogens (primary N) is 2. The molecule has 0 bridgehead atoms. The molecule has 0 radical (unpaired) electrons. The second kappa shape index (κ2) is 11.2. The predicted octanol–water partition coefficient (Wildman–Crippen LogP) is -1.80. The van der Waals surface area contributed by atoms with Gasteiger partial charge in [0, 0.05) is 28.8 Å². The van der Waals surface area contributed by atoms with Crippen molar-refractivity contribution in [3.63, 3.8) is 0 Å². The molecule has 4 rings (SSSR count). The van der Waals surface area contributed by atoms with E-state index in [4.69, 9.17) is 21.0 Å². The number of nitrogens with zero attached hydrogens (tertiary/aromatic N) is 5. The van der Waals surface area contributed by atoms with Gasteiger partial charge in [-0.25, -0.2) is 4.98 Å². The van der Waals surface area contributed by atoms with Crippen LogP contribution in [0, 0.1) is 5.41 Å². The quantitative estimate of drug-likeness (QED) is 0.0710. The van der Waals surface area contributed by atoms with Crippen LogP contribution in [0.15, 0.2) is 21.8 Å². The summed E-state index contributed by atoms with van der Waals surface area (Å²) in [5, 5.41) is 20.6. The minimum Gasteiger partial charge on any atom is -0.549 e. The Morgan fingerprint density at radius 3 is 2.82 bits per heavy atom. The third kappa shape index (κ3) is 5.30. The molecule has 17 heteroatoms. The van der Waals surface area contributed by atoms with E-state index in [2.05, 4.69) is 20.4 Å². The number of nitrogen functional groups attached to an aromatic ring is 2. The maximum Gasteiger partial charge on any atom is 0.364 e. The summed E-state index contributed by atoms with van der Waals surface area (Å²) >= 11 is 3.57. The molecule has 14 nitrogen and oxygen atoms in total. The van der Waals surface area contributed by atoms with Crippen molar-refractivity contribution in [3.8, 4) is 5.88 Å². The number of carbonyl (C=O) groups excluding carboxylic acids is 3. The number of β-lactam (4-membered cyclic amide) rings is 1. The number of aliphatic carboxylic acids is 1. The number of rotatable bonds is 10. The first-order valence-corrected chi connectivity index (χ1v) is 14.2. The largest absolute Gasteiger partial charge is 0.549 e. The van der Waals surface area contributed by atoms with Crippen LogP contribution in [-0.2, 0) is 26.3 Å². The highest BCUT2D eigenvalue weighted by Gasteiger charge is 2.56. The number of hydrogen-bond acceptors (Lipinski definition) is 14. The molecule has 0 saturated carbocycles. The molecule has 2 saturated heterocycles. The summed E-state index contributed by atoms with van der Waals surface area (Å²) in [5.41, 5.74) is 10.3. The highest BCUT2D eigenvalue weighted by Crippen LogP contribution is 2.44. The van der Waals surface area contributed by atoms with E-state index in [1.54, 1.807) is 30.0 Å². The van der Waals surface area contributed by atoms with E-state index in [0.717, 1.165) is 11.3 Å². The first kappa shape index (κ1) is 27.7. The van der Waals surface area contributed by atoms with Gasteiger partial charge in [0.05, 0.1) is 26.2 Å². The van der Waals surface area contributed by atoms with Gasteiger partial charge in [-0.3, -0.25) is 9.59 Å². The van der Waals surface area contributed by atoms with Crippen LogP contribution < -0.4 is 31.2 Å². The number of hydrogen-bond donors (Lipinski definition) is 3. The molecule has 204 valence electrons. The molecule has 0 spiro atoms. The molecule has 0 aromatic carbocycles. The summed E-state index contributed by atoms with van der Waals surface area (Å²) in [6.45, 7) is 1.86. The highest BCUT2D eigenvalue weighted by molar-refractivity contribution is 8.00. The molecule has 2 fully saturated rings. The molecule has 0 aliphatic carbocycles. The highest BCUT2D eigenvalue weighted by atomic mass is 32.2. The van der Waals surface area contributed by atoms with Gasteiger partial charge in [-0.1, -0.05) is 5.16 Å². The molecule has 5 N–H and O–H groups in total. The van der Waals surface area contributed by atoms with E-state index in [0.29, 0.717) is 11.0 Å². The second-order valence-corrected chi connectivity index (χ2v) is 11.4. The molecule has 2 aromatic heterocycles. The van der Waals surface area contributed by atoms with Gasteiger partial charge in [0.2, 0.25) is 11.7 Å². The molecule has 2 aliphatic heterocycles. The van der Waals surface area contributed by atoms with Crippen LogP contribution in [0.25, 0.3) is 0 Å². The summed E-state index contributed by atoms with van der Waals surface area (Å²) < 4.78 is 6.93. The Kier molecular flexibility index (Phi) is 8.17. The predicted molar refractivity (Wildman–Crippen MR) is 139 cm³/mol. The maximum absolute atomic E-state index is 13.0. The Bertz CT molecular complexity index is 1290. The summed E-state index contributed by atoms with van der Waals surface area (Å²) in [6.07, 6.45) is 0. The molecule has 2 amide bonds. The van der Waals surface area contributed by atoms with Crippen molar-refractivity contribution >= 4 is 69.3 Å². The van der Waals surface area contributed by atoms with E-state index in [1.165, 1.54) is 35.5 Å². The summed E-state index contributed by atoms with van der Waals surface area (Å²) in [7, 11) is 3.21. The van der Waals surface area contributed by atoms with Gasteiger partial charge in [0.25, 0.3) is 11.8 Å². The zero-order valence-electron chi connectivity index (χ0n) is 20.7. The smallest absolute Gasteiger partial charge is 0.364 e. The average Bonchev–Trinajstić information content (AvgIpc) is 3.33. The zero-order valence-corrected chi connectivity index (χ0v) is 23.2. The Balaban J connectivity index is 1.45. The number of fused-ring (bicyclic) bond motifs is 1. The van der Waals surface area contributed by atoms with Crippen molar-refractivity contribution in [2.75, 3.05) is 43.2 Å². The first-order chi connectivity index (χ1) is 18.1. The summed E-state index contributed by atoms with van der Waals surface area (Å²) in [4.78, 5) is 53.1. The number of anilines is 2. The van der Waals surface area contributed by atoms with E-state index in [-0.39, 0.29) is 47.0 Å². The van der Waals surface area contributed by atoms with Crippen LogP contribution in [-0.4, -0.2) is 81.5 Å². The second-order valence-electron chi connectivity index (χ2n) is 8.47.